The highest BCUT2D eigenvalue weighted by molar-refractivity contribution is 5.90. The Kier molecular flexibility index (Phi) is 3.42. The Balaban J connectivity index is 1.91. The van der Waals surface area contributed by atoms with Crippen LogP contribution >= 0.6 is 0 Å². The third kappa shape index (κ3) is 2.21. The van der Waals surface area contributed by atoms with Crippen LogP contribution in [-0.2, 0) is 6.42 Å². The predicted octanol–water partition coefficient (Wildman–Crippen LogP) is 3.70. The van der Waals surface area contributed by atoms with Crippen molar-refractivity contribution in [3.8, 4) is 40.1 Å². The standard InChI is InChI=1S/C22H20O7/c1-22(2)11-7-10-19(25)17-12(23)5-9(26-3)6-14(17)28-20(10)18-13(24)8-15(27-4)21(29-22)16(11)18/h5-6,8,11,23-24H,7H2,1-4H3. The Morgan fingerprint density at radius 3 is 2.55 bits per heavy atom. The minimum absolute atomic E-state index is 0.0533. The fraction of sp³-hybridized carbons (Fsp3) is 0.318. The molecule has 5 rings (SSSR count). The lowest BCUT2D eigenvalue weighted by Crippen LogP contribution is -2.34. The van der Waals surface area contributed by atoms with Crippen molar-refractivity contribution in [1.29, 1.82) is 0 Å². The van der Waals surface area contributed by atoms with Gasteiger partial charge in [-0.15, -0.1) is 0 Å². The molecule has 2 aromatic carbocycles. The molecule has 29 heavy (non-hydrogen) atoms. The Morgan fingerprint density at radius 2 is 1.86 bits per heavy atom. The van der Waals surface area contributed by atoms with Crippen molar-refractivity contribution in [2.24, 2.45) is 0 Å². The molecular formula is C22H20O7. The Bertz CT molecular complexity index is 1250. The second-order valence-corrected chi connectivity index (χ2v) is 7.94. The Hall–Kier alpha value is -3.35. The van der Waals surface area contributed by atoms with Crippen LogP contribution in [0.5, 0.6) is 28.7 Å². The first kappa shape index (κ1) is 17.7. The molecule has 0 bridgehead atoms. The lowest BCUT2D eigenvalue weighted by Gasteiger charge is -2.30. The number of phenols is 2. The highest BCUT2D eigenvalue weighted by atomic mass is 16.5. The average Bonchev–Trinajstić information content (AvgIpc) is 2.94. The maximum absolute atomic E-state index is 13.3. The first-order valence-electron chi connectivity index (χ1n) is 9.26. The molecule has 2 heterocycles. The van der Waals surface area contributed by atoms with Gasteiger partial charge in [-0.05, 0) is 20.3 Å². The zero-order valence-corrected chi connectivity index (χ0v) is 16.5. The maximum Gasteiger partial charge on any atom is 0.200 e. The van der Waals surface area contributed by atoms with Gasteiger partial charge in [0.2, 0.25) is 0 Å². The van der Waals surface area contributed by atoms with Crippen LogP contribution in [0.2, 0.25) is 0 Å². The number of benzene rings is 2. The van der Waals surface area contributed by atoms with Gasteiger partial charge in [-0.2, -0.15) is 0 Å². The average molecular weight is 396 g/mol. The second kappa shape index (κ2) is 5.59. The lowest BCUT2D eigenvalue weighted by atomic mass is 9.75. The summed E-state index contributed by atoms with van der Waals surface area (Å²) >= 11 is 0. The molecule has 0 fully saturated rings. The summed E-state index contributed by atoms with van der Waals surface area (Å²) in [4.78, 5) is 13.3. The highest BCUT2D eigenvalue weighted by Crippen LogP contribution is 2.59. The summed E-state index contributed by atoms with van der Waals surface area (Å²) in [7, 11) is 2.98. The van der Waals surface area contributed by atoms with Gasteiger partial charge in [-0.25, -0.2) is 0 Å². The zero-order valence-electron chi connectivity index (χ0n) is 16.5. The van der Waals surface area contributed by atoms with Gasteiger partial charge >= 0.3 is 0 Å². The van der Waals surface area contributed by atoms with Crippen molar-refractivity contribution in [3.63, 3.8) is 0 Å². The molecule has 1 aromatic heterocycles. The molecule has 0 spiro atoms. The molecule has 1 aliphatic carbocycles. The van der Waals surface area contributed by atoms with Crippen molar-refractivity contribution in [1.82, 2.24) is 0 Å². The first-order valence-corrected chi connectivity index (χ1v) is 9.26. The van der Waals surface area contributed by atoms with E-state index in [9.17, 15) is 15.0 Å². The van der Waals surface area contributed by atoms with Crippen LogP contribution in [0.15, 0.2) is 27.4 Å². The fourth-order valence-corrected chi connectivity index (χ4v) is 4.52. The number of hydrogen-bond donors (Lipinski definition) is 2. The van der Waals surface area contributed by atoms with Crippen molar-refractivity contribution < 1.29 is 28.8 Å². The molecule has 2 N–H and O–H groups in total. The second-order valence-electron chi connectivity index (χ2n) is 7.94. The van der Waals surface area contributed by atoms with Crippen LogP contribution in [0.25, 0.3) is 22.3 Å². The number of phenolic OH excluding ortho intramolecular Hbond substituents is 2. The minimum atomic E-state index is -0.612. The maximum atomic E-state index is 13.3. The molecule has 7 nitrogen and oxygen atoms in total. The molecule has 0 saturated heterocycles. The number of methoxy groups -OCH3 is 2. The molecule has 0 saturated carbocycles. The van der Waals surface area contributed by atoms with E-state index in [1.165, 1.54) is 26.4 Å². The normalized spacial score (nSPS) is 18.1. The molecule has 1 aliphatic heterocycles. The zero-order chi connectivity index (χ0) is 20.7. The number of rotatable bonds is 2. The van der Waals surface area contributed by atoms with Crippen molar-refractivity contribution in [2.75, 3.05) is 14.2 Å². The van der Waals surface area contributed by atoms with E-state index in [2.05, 4.69) is 0 Å². The monoisotopic (exact) mass is 396 g/mol. The molecule has 3 aromatic rings. The minimum Gasteiger partial charge on any atom is -0.507 e. The van der Waals surface area contributed by atoms with E-state index < -0.39 is 5.60 Å². The summed E-state index contributed by atoms with van der Waals surface area (Å²) in [6.45, 7) is 3.88. The largest absolute Gasteiger partial charge is 0.507 e. The fourth-order valence-electron chi connectivity index (χ4n) is 4.52. The van der Waals surface area contributed by atoms with E-state index in [-0.39, 0.29) is 39.6 Å². The van der Waals surface area contributed by atoms with Gasteiger partial charge in [-0.1, -0.05) is 0 Å². The molecule has 7 heteroatoms. The van der Waals surface area contributed by atoms with Gasteiger partial charge in [-0.3, -0.25) is 4.79 Å². The number of ether oxygens (including phenoxy) is 3. The molecular weight excluding hydrogens is 376 g/mol. The molecule has 1 atom stereocenters. The molecule has 1 unspecified atom stereocenters. The SMILES string of the molecule is COc1cc(O)c2c(=O)c3c(oc2c1)-c1c(O)cc(OC)c2c1C(C3)C(C)(C)O2. The summed E-state index contributed by atoms with van der Waals surface area (Å²) in [6, 6.07) is 4.39. The Labute approximate surface area is 166 Å². The van der Waals surface area contributed by atoms with Crippen LogP contribution in [0.1, 0.15) is 30.9 Å². The smallest absolute Gasteiger partial charge is 0.200 e. The Morgan fingerprint density at radius 1 is 1.10 bits per heavy atom. The summed E-state index contributed by atoms with van der Waals surface area (Å²) in [5.41, 5.74) is 0.852. The van der Waals surface area contributed by atoms with Gasteiger partial charge in [0.15, 0.2) is 16.9 Å². The molecule has 150 valence electrons. The van der Waals surface area contributed by atoms with Gasteiger partial charge in [0.1, 0.15) is 39.6 Å². The summed E-state index contributed by atoms with van der Waals surface area (Å²) < 4.78 is 22.8. The molecule has 2 aliphatic rings. The van der Waals surface area contributed by atoms with Gasteiger partial charge < -0.3 is 28.8 Å². The summed E-state index contributed by atoms with van der Waals surface area (Å²) in [5, 5.41) is 21.3. The van der Waals surface area contributed by atoms with Crippen molar-refractivity contribution >= 4 is 11.0 Å². The van der Waals surface area contributed by atoms with Crippen LogP contribution < -0.4 is 19.6 Å². The summed E-state index contributed by atoms with van der Waals surface area (Å²) in [5.74, 6) is 1.19. The van der Waals surface area contributed by atoms with E-state index in [4.69, 9.17) is 18.6 Å². The van der Waals surface area contributed by atoms with E-state index in [0.717, 1.165) is 5.56 Å². The quantitative estimate of drug-likeness (QED) is 0.681. The predicted molar refractivity (Wildman–Crippen MR) is 106 cm³/mol. The first-order chi connectivity index (χ1) is 13.8. The third-order valence-electron chi connectivity index (χ3n) is 5.95. The van der Waals surface area contributed by atoms with Crippen molar-refractivity contribution in [2.45, 2.75) is 31.8 Å². The molecule has 0 amide bonds. The molecule has 0 radical (unpaired) electrons. The van der Waals surface area contributed by atoms with E-state index in [0.29, 0.717) is 34.8 Å². The van der Waals surface area contributed by atoms with Gasteiger partial charge in [0, 0.05) is 35.2 Å². The summed E-state index contributed by atoms with van der Waals surface area (Å²) in [6.07, 6.45) is 0.360. The number of aromatic hydroxyl groups is 2. The van der Waals surface area contributed by atoms with Gasteiger partial charge in [0.05, 0.1) is 19.8 Å². The topological polar surface area (TPSA) is 98.4 Å². The number of hydrogen-bond acceptors (Lipinski definition) is 7. The van der Waals surface area contributed by atoms with Crippen LogP contribution in [0, 0.1) is 0 Å². The van der Waals surface area contributed by atoms with Crippen LogP contribution in [-0.4, -0.2) is 30.0 Å². The lowest BCUT2D eigenvalue weighted by molar-refractivity contribution is 0.106. The number of fused-ring (bicyclic) bond motifs is 3. The van der Waals surface area contributed by atoms with Crippen LogP contribution in [0.4, 0.5) is 0 Å². The van der Waals surface area contributed by atoms with Crippen LogP contribution in [0.3, 0.4) is 0 Å². The van der Waals surface area contributed by atoms with E-state index >= 15 is 0 Å². The van der Waals surface area contributed by atoms with E-state index in [1.54, 1.807) is 6.07 Å². The highest BCUT2D eigenvalue weighted by Gasteiger charge is 2.49. The van der Waals surface area contributed by atoms with E-state index in [1.807, 2.05) is 13.8 Å². The van der Waals surface area contributed by atoms with Crippen molar-refractivity contribution in [3.05, 3.63) is 39.5 Å². The van der Waals surface area contributed by atoms with Gasteiger partial charge in [0.25, 0.3) is 0 Å². The third-order valence-corrected chi connectivity index (χ3v) is 5.95.